The maximum atomic E-state index is 12.5. The molecule has 0 unspecified atom stereocenters. The number of allylic oxidation sites excluding steroid dienone is 1. The Hall–Kier alpha value is -3.87. The molecule has 0 atom stereocenters. The van der Waals surface area contributed by atoms with Gasteiger partial charge in [0.05, 0.1) is 0 Å². The van der Waals surface area contributed by atoms with Gasteiger partial charge >= 0.3 is 12.1 Å². The van der Waals surface area contributed by atoms with Crippen molar-refractivity contribution < 1.29 is 24.2 Å². The van der Waals surface area contributed by atoms with E-state index in [1.807, 2.05) is 24.3 Å². The lowest BCUT2D eigenvalue weighted by atomic mass is 9.76. The maximum Gasteiger partial charge on any atom is 0.407 e. The number of fused-ring (bicyclic) bond motifs is 3. The highest BCUT2D eigenvalue weighted by Gasteiger charge is 2.50. The topological polar surface area (TPSA) is 95.9 Å². The Balaban J connectivity index is 1.28. The van der Waals surface area contributed by atoms with Gasteiger partial charge in [-0.1, -0.05) is 60.7 Å². The number of carboxylic acids is 1. The van der Waals surface area contributed by atoms with Crippen LogP contribution in [-0.4, -0.2) is 54.2 Å². The fraction of sp³-hybridized carbons (Fsp3) is 0.296. The number of likely N-dealkylation sites (tertiary alicyclic amines) is 1. The van der Waals surface area contributed by atoms with E-state index in [0.717, 1.165) is 22.3 Å². The standard InChI is InChI=1S/C27H28N2O5/c1-3-13-27(25(31)32)16-29(17-27)24(30)18(2)12-14-28-26(33)34-15-23-21-10-6-4-8-19(21)20-9-5-7-11-22(20)23/h3-12,23H,1,13-17H2,2H3,(H,28,33)(H,31,32)/b18-12+. The number of carbonyl (C=O) groups excluding carboxylic acids is 2. The number of rotatable bonds is 8. The number of benzene rings is 2. The third-order valence-electron chi connectivity index (χ3n) is 6.60. The first-order chi connectivity index (χ1) is 16.4. The average Bonchev–Trinajstić information content (AvgIpc) is 3.13. The van der Waals surface area contributed by atoms with E-state index < -0.39 is 17.5 Å². The molecular weight excluding hydrogens is 432 g/mol. The van der Waals surface area contributed by atoms with E-state index in [2.05, 4.69) is 36.2 Å². The minimum atomic E-state index is -0.947. The minimum Gasteiger partial charge on any atom is -0.481 e. The molecule has 0 spiro atoms. The zero-order valence-electron chi connectivity index (χ0n) is 19.1. The number of amides is 2. The molecule has 176 valence electrons. The Morgan fingerprint density at radius 3 is 2.26 bits per heavy atom. The number of nitrogens with zero attached hydrogens (tertiary/aromatic N) is 1. The largest absolute Gasteiger partial charge is 0.481 e. The van der Waals surface area contributed by atoms with Gasteiger partial charge in [0.2, 0.25) is 5.91 Å². The molecule has 2 amide bonds. The van der Waals surface area contributed by atoms with Crippen molar-refractivity contribution in [2.45, 2.75) is 19.3 Å². The SMILES string of the molecule is C=CCC1(C(=O)O)CN(C(=O)/C(C)=C/CNC(=O)OCC2c3ccccc3-c3ccccc32)C1. The molecule has 4 rings (SSSR count). The van der Waals surface area contributed by atoms with Crippen molar-refractivity contribution in [1.29, 1.82) is 0 Å². The monoisotopic (exact) mass is 460 g/mol. The zero-order chi connectivity index (χ0) is 24.3. The molecule has 2 aliphatic rings. The summed E-state index contributed by atoms with van der Waals surface area (Å²) >= 11 is 0. The van der Waals surface area contributed by atoms with E-state index in [9.17, 15) is 19.5 Å². The average molecular weight is 461 g/mol. The summed E-state index contributed by atoms with van der Waals surface area (Å²) < 4.78 is 5.49. The third kappa shape index (κ3) is 4.33. The molecule has 2 N–H and O–H groups in total. The first-order valence-electron chi connectivity index (χ1n) is 11.3. The van der Waals surface area contributed by atoms with E-state index in [4.69, 9.17) is 4.74 Å². The minimum absolute atomic E-state index is 0.0199. The quantitative estimate of drug-likeness (QED) is 0.459. The molecular formula is C27H28N2O5. The van der Waals surface area contributed by atoms with Crippen molar-refractivity contribution in [3.63, 3.8) is 0 Å². The normalized spacial score (nSPS) is 16.1. The Labute approximate surface area is 198 Å². The van der Waals surface area contributed by atoms with Crippen LogP contribution in [0.1, 0.15) is 30.4 Å². The van der Waals surface area contributed by atoms with E-state index in [-0.39, 0.29) is 38.1 Å². The molecule has 0 saturated carbocycles. The number of ether oxygens (including phenoxy) is 1. The van der Waals surface area contributed by atoms with E-state index in [1.54, 1.807) is 19.1 Å². The van der Waals surface area contributed by atoms with Crippen molar-refractivity contribution in [1.82, 2.24) is 10.2 Å². The van der Waals surface area contributed by atoms with Crippen LogP contribution in [0.25, 0.3) is 11.1 Å². The van der Waals surface area contributed by atoms with Crippen LogP contribution in [0.15, 0.2) is 72.8 Å². The predicted molar refractivity (Wildman–Crippen MR) is 128 cm³/mol. The second kappa shape index (κ2) is 9.55. The van der Waals surface area contributed by atoms with Gasteiger partial charge in [-0.15, -0.1) is 6.58 Å². The molecule has 2 aromatic rings. The molecule has 34 heavy (non-hydrogen) atoms. The molecule has 1 heterocycles. The van der Waals surface area contributed by atoms with E-state index in [1.165, 1.54) is 4.90 Å². The van der Waals surface area contributed by atoms with Crippen LogP contribution in [0, 0.1) is 5.41 Å². The van der Waals surface area contributed by atoms with Crippen LogP contribution in [0.5, 0.6) is 0 Å². The number of carbonyl (C=O) groups is 3. The van der Waals surface area contributed by atoms with Gasteiger partial charge in [-0.3, -0.25) is 9.59 Å². The highest BCUT2D eigenvalue weighted by Crippen LogP contribution is 2.44. The molecule has 1 saturated heterocycles. The number of hydrogen-bond acceptors (Lipinski definition) is 4. The third-order valence-corrected chi connectivity index (χ3v) is 6.60. The Morgan fingerprint density at radius 1 is 1.12 bits per heavy atom. The van der Waals surface area contributed by atoms with Gasteiger partial charge in [0, 0.05) is 31.1 Å². The molecule has 0 radical (unpaired) electrons. The summed E-state index contributed by atoms with van der Waals surface area (Å²) in [6.07, 6.45) is 2.94. The first kappa shape index (κ1) is 23.3. The molecule has 1 aliphatic heterocycles. The molecule has 0 bridgehead atoms. The van der Waals surface area contributed by atoms with Gasteiger partial charge in [0.25, 0.3) is 0 Å². The fourth-order valence-corrected chi connectivity index (χ4v) is 4.73. The number of hydrogen-bond donors (Lipinski definition) is 2. The lowest BCUT2D eigenvalue weighted by molar-refractivity contribution is -0.164. The number of nitrogens with one attached hydrogen (secondary N) is 1. The molecule has 1 fully saturated rings. The summed E-state index contributed by atoms with van der Waals surface area (Å²) in [5.41, 5.74) is 4.10. The van der Waals surface area contributed by atoms with Crippen LogP contribution < -0.4 is 5.32 Å². The molecule has 2 aromatic carbocycles. The van der Waals surface area contributed by atoms with Crippen molar-refractivity contribution in [3.05, 3.63) is 84.0 Å². The van der Waals surface area contributed by atoms with Crippen LogP contribution in [0.3, 0.4) is 0 Å². The first-order valence-corrected chi connectivity index (χ1v) is 11.3. The van der Waals surface area contributed by atoms with Crippen molar-refractivity contribution >= 4 is 18.0 Å². The summed E-state index contributed by atoms with van der Waals surface area (Å²) in [5.74, 6) is -1.18. The summed E-state index contributed by atoms with van der Waals surface area (Å²) in [4.78, 5) is 37.8. The van der Waals surface area contributed by atoms with Crippen molar-refractivity contribution in [2.75, 3.05) is 26.2 Å². The summed E-state index contributed by atoms with van der Waals surface area (Å²) in [6, 6.07) is 16.2. The highest BCUT2D eigenvalue weighted by molar-refractivity contribution is 5.95. The van der Waals surface area contributed by atoms with Crippen LogP contribution in [0.2, 0.25) is 0 Å². The Morgan fingerprint density at radius 2 is 1.71 bits per heavy atom. The van der Waals surface area contributed by atoms with Gasteiger partial charge in [-0.25, -0.2) is 4.79 Å². The second-order valence-corrected chi connectivity index (χ2v) is 8.83. The number of alkyl carbamates (subject to hydrolysis) is 1. The van der Waals surface area contributed by atoms with Gasteiger partial charge in [0.15, 0.2) is 0 Å². The highest BCUT2D eigenvalue weighted by atomic mass is 16.5. The van der Waals surface area contributed by atoms with E-state index >= 15 is 0 Å². The van der Waals surface area contributed by atoms with Crippen LogP contribution in [0.4, 0.5) is 4.79 Å². The number of aliphatic carboxylic acids is 1. The second-order valence-electron chi connectivity index (χ2n) is 8.83. The van der Waals surface area contributed by atoms with Crippen molar-refractivity contribution in [3.8, 4) is 11.1 Å². The van der Waals surface area contributed by atoms with Gasteiger partial charge in [0.1, 0.15) is 12.0 Å². The van der Waals surface area contributed by atoms with Crippen molar-refractivity contribution in [2.24, 2.45) is 5.41 Å². The van der Waals surface area contributed by atoms with Crippen LogP contribution >= 0.6 is 0 Å². The lowest BCUT2D eigenvalue weighted by Crippen LogP contribution is -2.62. The zero-order valence-corrected chi connectivity index (χ0v) is 19.1. The molecule has 7 heteroatoms. The molecule has 1 aliphatic carbocycles. The Kier molecular flexibility index (Phi) is 6.54. The van der Waals surface area contributed by atoms with Crippen LogP contribution in [-0.2, 0) is 14.3 Å². The number of carboxylic acid groups (broad SMARTS) is 1. The van der Waals surface area contributed by atoms with Gasteiger partial charge < -0.3 is 20.1 Å². The van der Waals surface area contributed by atoms with Gasteiger partial charge in [-0.05, 0) is 35.6 Å². The van der Waals surface area contributed by atoms with Gasteiger partial charge in [-0.2, -0.15) is 0 Å². The summed E-state index contributed by atoms with van der Waals surface area (Å²) in [6.45, 7) is 5.91. The maximum absolute atomic E-state index is 12.5. The van der Waals surface area contributed by atoms with E-state index in [0.29, 0.717) is 12.0 Å². The summed E-state index contributed by atoms with van der Waals surface area (Å²) in [7, 11) is 0. The fourth-order valence-electron chi connectivity index (χ4n) is 4.73. The lowest BCUT2D eigenvalue weighted by Gasteiger charge is -2.46. The molecule has 7 nitrogen and oxygen atoms in total. The predicted octanol–water partition coefficient (Wildman–Crippen LogP) is 3.96. The Bertz CT molecular complexity index is 1120. The molecule has 0 aromatic heterocycles. The summed E-state index contributed by atoms with van der Waals surface area (Å²) in [5, 5.41) is 12.1. The smallest absolute Gasteiger partial charge is 0.407 e.